The summed E-state index contributed by atoms with van der Waals surface area (Å²) < 4.78 is 4.59. The summed E-state index contributed by atoms with van der Waals surface area (Å²) in [5, 5.41) is 25.2. The fraction of sp³-hybridized carbons (Fsp3) is 0.0556. The second-order valence-corrected chi connectivity index (χ2v) is 5.11. The van der Waals surface area contributed by atoms with Crippen LogP contribution in [0.25, 0.3) is 0 Å². The first-order valence-electron chi connectivity index (χ1n) is 7.56. The molecule has 0 spiro atoms. The fourth-order valence-corrected chi connectivity index (χ4v) is 2.05. The molecule has 2 rings (SSSR count). The average Bonchev–Trinajstić information content (AvgIpc) is 2.68. The van der Waals surface area contributed by atoms with Crippen molar-refractivity contribution >= 4 is 28.9 Å². The number of nitrogens with one attached hydrogen (secondary N) is 2. The number of anilines is 2. The van der Waals surface area contributed by atoms with Gasteiger partial charge in [0.1, 0.15) is 17.3 Å². The van der Waals surface area contributed by atoms with E-state index in [1.54, 1.807) is 18.2 Å². The molecule has 0 radical (unpaired) electrons. The SMILES string of the molecule is COC(=O)c1ccc(N/C=C(/C#N)C(=O)Nc2ccccc2[N+](=O)[O-])cc1. The van der Waals surface area contributed by atoms with Gasteiger partial charge in [0.25, 0.3) is 11.6 Å². The Labute approximate surface area is 154 Å². The van der Waals surface area contributed by atoms with Gasteiger partial charge in [-0.3, -0.25) is 14.9 Å². The van der Waals surface area contributed by atoms with E-state index >= 15 is 0 Å². The van der Waals surface area contributed by atoms with Crippen molar-refractivity contribution in [3.8, 4) is 6.07 Å². The Morgan fingerprint density at radius 1 is 1.19 bits per heavy atom. The van der Waals surface area contributed by atoms with Crippen LogP contribution in [0.2, 0.25) is 0 Å². The highest BCUT2D eigenvalue weighted by Gasteiger charge is 2.17. The molecule has 2 aromatic carbocycles. The molecule has 9 nitrogen and oxygen atoms in total. The second-order valence-electron chi connectivity index (χ2n) is 5.11. The minimum absolute atomic E-state index is 0.0175. The summed E-state index contributed by atoms with van der Waals surface area (Å²) >= 11 is 0. The number of hydrogen-bond acceptors (Lipinski definition) is 7. The Hall–Kier alpha value is -4.19. The number of nitro benzene ring substituents is 1. The Bertz CT molecular complexity index is 945. The predicted molar refractivity (Wildman–Crippen MR) is 96.8 cm³/mol. The van der Waals surface area contributed by atoms with E-state index in [2.05, 4.69) is 15.4 Å². The molecular formula is C18H14N4O5. The van der Waals surface area contributed by atoms with Gasteiger partial charge in [-0.05, 0) is 30.3 Å². The van der Waals surface area contributed by atoms with Crippen molar-refractivity contribution in [2.45, 2.75) is 0 Å². The molecule has 0 saturated carbocycles. The highest BCUT2D eigenvalue weighted by atomic mass is 16.6. The van der Waals surface area contributed by atoms with Crippen molar-refractivity contribution in [3.63, 3.8) is 0 Å². The Balaban J connectivity index is 2.12. The third-order valence-corrected chi connectivity index (χ3v) is 3.40. The molecule has 0 bridgehead atoms. The summed E-state index contributed by atoms with van der Waals surface area (Å²) in [7, 11) is 1.27. The van der Waals surface area contributed by atoms with Gasteiger partial charge < -0.3 is 15.4 Å². The van der Waals surface area contributed by atoms with E-state index in [4.69, 9.17) is 5.26 Å². The minimum Gasteiger partial charge on any atom is -0.465 e. The van der Waals surface area contributed by atoms with Crippen LogP contribution >= 0.6 is 0 Å². The zero-order valence-corrected chi connectivity index (χ0v) is 14.1. The van der Waals surface area contributed by atoms with Crippen LogP contribution in [0.4, 0.5) is 17.1 Å². The molecule has 0 aliphatic carbocycles. The van der Waals surface area contributed by atoms with Gasteiger partial charge in [-0.25, -0.2) is 4.79 Å². The molecule has 0 heterocycles. The standard InChI is InChI=1S/C18H14N4O5/c1-27-18(24)12-6-8-14(9-7-12)20-11-13(10-19)17(23)21-15-4-2-3-5-16(15)22(25)26/h2-9,11,20H,1H3,(H,21,23)/b13-11-. The number of esters is 1. The Morgan fingerprint density at radius 2 is 1.85 bits per heavy atom. The zero-order chi connectivity index (χ0) is 19.8. The van der Waals surface area contributed by atoms with E-state index in [-0.39, 0.29) is 16.9 Å². The third-order valence-electron chi connectivity index (χ3n) is 3.40. The maximum absolute atomic E-state index is 12.2. The number of amides is 1. The molecule has 0 aliphatic heterocycles. The summed E-state index contributed by atoms with van der Waals surface area (Å²) in [6.07, 6.45) is 1.16. The summed E-state index contributed by atoms with van der Waals surface area (Å²) in [5.74, 6) is -1.29. The first-order chi connectivity index (χ1) is 13.0. The van der Waals surface area contributed by atoms with Crippen molar-refractivity contribution in [1.82, 2.24) is 0 Å². The normalized spacial score (nSPS) is 10.4. The number of para-hydroxylation sites is 2. The highest BCUT2D eigenvalue weighted by Crippen LogP contribution is 2.23. The summed E-state index contributed by atoms with van der Waals surface area (Å²) in [6.45, 7) is 0. The Kier molecular flexibility index (Phi) is 6.22. The molecular weight excluding hydrogens is 352 g/mol. The number of rotatable bonds is 6. The van der Waals surface area contributed by atoms with Gasteiger partial charge in [0.15, 0.2) is 0 Å². The lowest BCUT2D eigenvalue weighted by atomic mass is 10.2. The van der Waals surface area contributed by atoms with E-state index in [1.165, 1.54) is 43.5 Å². The van der Waals surface area contributed by atoms with E-state index < -0.39 is 16.8 Å². The molecule has 0 fully saturated rings. The van der Waals surface area contributed by atoms with Crippen molar-refractivity contribution in [3.05, 3.63) is 76.0 Å². The molecule has 2 aromatic rings. The third kappa shape index (κ3) is 4.90. The number of carbonyl (C=O) groups is 2. The number of carbonyl (C=O) groups excluding carboxylic acids is 2. The van der Waals surface area contributed by atoms with Crippen LogP contribution in [0.15, 0.2) is 60.3 Å². The van der Waals surface area contributed by atoms with Gasteiger partial charge in [-0.15, -0.1) is 0 Å². The molecule has 1 amide bonds. The molecule has 136 valence electrons. The van der Waals surface area contributed by atoms with Gasteiger partial charge in [0, 0.05) is 18.0 Å². The van der Waals surface area contributed by atoms with Crippen LogP contribution < -0.4 is 10.6 Å². The number of nitriles is 1. The average molecular weight is 366 g/mol. The molecule has 0 unspecified atom stereocenters. The molecule has 27 heavy (non-hydrogen) atoms. The largest absolute Gasteiger partial charge is 0.465 e. The number of hydrogen-bond donors (Lipinski definition) is 2. The molecule has 0 saturated heterocycles. The molecule has 0 aliphatic rings. The topological polar surface area (TPSA) is 134 Å². The molecule has 0 atom stereocenters. The fourth-order valence-electron chi connectivity index (χ4n) is 2.05. The first kappa shape index (κ1) is 19.1. The molecule has 2 N–H and O–H groups in total. The van der Waals surface area contributed by atoms with Crippen LogP contribution in [-0.2, 0) is 9.53 Å². The van der Waals surface area contributed by atoms with Gasteiger partial charge >= 0.3 is 5.97 Å². The zero-order valence-electron chi connectivity index (χ0n) is 14.1. The van der Waals surface area contributed by atoms with E-state index in [0.717, 1.165) is 6.20 Å². The maximum Gasteiger partial charge on any atom is 0.337 e. The summed E-state index contributed by atoms with van der Waals surface area (Å²) in [5.41, 5.74) is 0.284. The van der Waals surface area contributed by atoms with E-state index in [9.17, 15) is 19.7 Å². The smallest absolute Gasteiger partial charge is 0.337 e. The lowest BCUT2D eigenvalue weighted by molar-refractivity contribution is -0.383. The lowest BCUT2D eigenvalue weighted by Gasteiger charge is -2.06. The van der Waals surface area contributed by atoms with Crippen LogP contribution in [0.5, 0.6) is 0 Å². The predicted octanol–water partition coefficient (Wildman–Crippen LogP) is 2.84. The lowest BCUT2D eigenvalue weighted by Crippen LogP contribution is -2.15. The first-order valence-corrected chi connectivity index (χ1v) is 7.56. The number of methoxy groups -OCH3 is 1. The maximum atomic E-state index is 12.2. The van der Waals surface area contributed by atoms with Crippen LogP contribution in [-0.4, -0.2) is 23.9 Å². The second kappa shape index (κ2) is 8.77. The van der Waals surface area contributed by atoms with E-state index in [1.807, 2.05) is 0 Å². The highest BCUT2D eigenvalue weighted by molar-refractivity contribution is 6.07. The van der Waals surface area contributed by atoms with Crippen LogP contribution in [0, 0.1) is 21.4 Å². The summed E-state index contributed by atoms with van der Waals surface area (Å²) in [4.78, 5) is 33.9. The van der Waals surface area contributed by atoms with Crippen LogP contribution in [0.3, 0.4) is 0 Å². The van der Waals surface area contributed by atoms with Gasteiger partial charge in [0.2, 0.25) is 0 Å². The summed E-state index contributed by atoms with van der Waals surface area (Å²) in [6, 6.07) is 13.5. The minimum atomic E-state index is -0.800. The van der Waals surface area contributed by atoms with Crippen molar-refractivity contribution in [2.24, 2.45) is 0 Å². The van der Waals surface area contributed by atoms with Gasteiger partial charge in [-0.2, -0.15) is 5.26 Å². The van der Waals surface area contributed by atoms with Gasteiger partial charge in [0.05, 0.1) is 17.6 Å². The van der Waals surface area contributed by atoms with Crippen molar-refractivity contribution in [1.29, 1.82) is 5.26 Å². The van der Waals surface area contributed by atoms with Crippen molar-refractivity contribution in [2.75, 3.05) is 17.7 Å². The van der Waals surface area contributed by atoms with Crippen molar-refractivity contribution < 1.29 is 19.2 Å². The molecule has 9 heteroatoms. The number of nitrogens with zero attached hydrogens (tertiary/aromatic N) is 2. The van der Waals surface area contributed by atoms with Gasteiger partial charge in [-0.1, -0.05) is 12.1 Å². The quantitative estimate of drug-likeness (QED) is 0.264. The Morgan fingerprint density at radius 3 is 2.44 bits per heavy atom. The van der Waals surface area contributed by atoms with Crippen LogP contribution in [0.1, 0.15) is 10.4 Å². The molecule has 0 aromatic heterocycles. The number of benzene rings is 2. The number of nitro groups is 1. The monoisotopic (exact) mass is 366 g/mol. The number of ether oxygens (including phenoxy) is 1. The van der Waals surface area contributed by atoms with E-state index in [0.29, 0.717) is 11.3 Å².